The molecule has 0 N–H and O–H groups in total. The molecule has 1 aromatic rings. The molecule has 1 atom stereocenters. The number of rotatable bonds is 6. The van der Waals surface area contributed by atoms with Crippen LogP contribution in [0.1, 0.15) is 37.0 Å². The monoisotopic (exact) mass is 277 g/mol. The topological polar surface area (TPSA) is 20.3 Å². The molecule has 2 nitrogen and oxygen atoms in total. The van der Waals surface area contributed by atoms with Crippen LogP contribution < -0.4 is 0 Å². The number of nitrogens with zero attached hydrogens (tertiary/aromatic N) is 1. The van der Waals surface area contributed by atoms with Gasteiger partial charge in [-0.15, -0.1) is 11.8 Å². The number of likely N-dealkylation sites (tertiary alicyclic amines) is 1. The van der Waals surface area contributed by atoms with Crippen molar-refractivity contribution in [3.05, 3.63) is 29.8 Å². The summed E-state index contributed by atoms with van der Waals surface area (Å²) >= 11 is 1.81. The highest BCUT2D eigenvalue weighted by Crippen LogP contribution is 2.20. The van der Waals surface area contributed by atoms with Crippen molar-refractivity contribution in [2.24, 2.45) is 5.92 Å². The van der Waals surface area contributed by atoms with E-state index >= 15 is 0 Å². The van der Waals surface area contributed by atoms with E-state index in [-0.39, 0.29) is 11.7 Å². The van der Waals surface area contributed by atoms with E-state index in [1.54, 1.807) is 0 Å². The summed E-state index contributed by atoms with van der Waals surface area (Å²) in [6, 6.07) is 8.07. The van der Waals surface area contributed by atoms with Crippen LogP contribution in [0.15, 0.2) is 29.2 Å². The van der Waals surface area contributed by atoms with Gasteiger partial charge in [0.15, 0.2) is 5.78 Å². The summed E-state index contributed by atoms with van der Waals surface area (Å²) in [7, 11) is 0. The lowest BCUT2D eigenvalue weighted by atomic mass is 9.99. The Bertz CT molecular complexity index is 409. The fraction of sp³-hybridized carbons (Fsp3) is 0.562. The highest BCUT2D eigenvalue weighted by atomic mass is 32.2. The van der Waals surface area contributed by atoms with Gasteiger partial charge in [0.05, 0.1) is 0 Å². The van der Waals surface area contributed by atoms with Crippen LogP contribution in [0, 0.1) is 5.92 Å². The van der Waals surface area contributed by atoms with E-state index in [1.807, 2.05) is 23.9 Å². The summed E-state index contributed by atoms with van der Waals surface area (Å²) in [5.41, 5.74) is 0.854. The SMILES string of the molecule is CCSc1ccc(C(=O)C(C)CN2CCCC2)cc1. The lowest BCUT2D eigenvalue weighted by Crippen LogP contribution is -2.29. The number of carbonyl (C=O) groups excluding carboxylic acids is 1. The first-order valence-electron chi connectivity index (χ1n) is 7.20. The van der Waals surface area contributed by atoms with E-state index < -0.39 is 0 Å². The summed E-state index contributed by atoms with van der Waals surface area (Å²) in [5.74, 6) is 1.45. The molecule has 1 heterocycles. The Labute approximate surface area is 120 Å². The highest BCUT2D eigenvalue weighted by molar-refractivity contribution is 7.99. The average Bonchev–Trinajstić information content (AvgIpc) is 2.92. The molecule has 2 rings (SSSR count). The van der Waals surface area contributed by atoms with Crippen molar-refractivity contribution in [3.8, 4) is 0 Å². The van der Waals surface area contributed by atoms with Gasteiger partial charge in [0.1, 0.15) is 0 Å². The molecule has 0 bridgehead atoms. The third kappa shape index (κ3) is 4.08. The molecule has 19 heavy (non-hydrogen) atoms. The summed E-state index contributed by atoms with van der Waals surface area (Å²) < 4.78 is 0. The fourth-order valence-corrected chi connectivity index (χ4v) is 3.26. The maximum Gasteiger partial charge on any atom is 0.166 e. The summed E-state index contributed by atoms with van der Waals surface area (Å²) in [6.07, 6.45) is 2.56. The van der Waals surface area contributed by atoms with Crippen LogP contribution in [0.25, 0.3) is 0 Å². The zero-order chi connectivity index (χ0) is 13.7. The largest absolute Gasteiger partial charge is 0.303 e. The molecule has 0 spiro atoms. The number of hydrogen-bond donors (Lipinski definition) is 0. The maximum atomic E-state index is 12.4. The van der Waals surface area contributed by atoms with Crippen molar-refractivity contribution in [2.75, 3.05) is 25.4 Å². The van der Waals surface area contributed by atoms with Gasteiger partial charge in [0, 0.05) is 22.9 Å². The molecule has 1 saturated heterocycles. The Hall–Kier alpha value is -0.800. The van der Waals surface area contributed by atoms with Crippen molar-refractivity contribution in [2.45, 2.75) is 31.6 Å². The minimum atomic E-state index is 0.0998. The predicted octanol–water partition coefficient (Wildman–Crippen LogP) is 3.71. The molecule has 1 aromatic carbocycles. The molecule has 3 heteroatoms. The smallest absolute Gasteiger partial charge is 0.166 e. The predicted molar refractivity (Wildman–Crippen MR) is 82.0 cm³/mol. The number of hydrogen-bond acceptors (Lipinski definition) is 3. The number of Topliss-reactive ketones (excluding diaryl/α,β-unsaturated/α-hetero) is 1. The number of ketones is 1. The van der Waals surface area contributed by atoms with Gasteiger partial charge in [-0.05, 0) is 43.8 Å². The minimum absolute atomic E-state index is 0.0998. The van der Waals surface area contributed by atoms with Gasteiger partial charge >= 0.3 is 0 Å². The van der Waals surface area contributed by atoms with Gasteiger partial charge < -0.3 is 4.90 Å². The average molecular weight is 277 g/mol. The van der Waals surface area contributed by atoms with Crippen LogP contribution in [0.4, 0.5) is 0 Å². The van der Waals surface area contributed by atoms with Gasteiger partial charge in [0.25, 0.3) is 0 Å². The summed E-state index contributed by atoms with van der Waals surface area (Å²) in [6.45, 7) is 7.41. The summed E-state index contributed by atoms with van der Waals surface area (Å²) in [4.78, 5) is 16.0. The molecule has 104 valence electrons. The molecule has 1 aliphatic rings. The minimum Gasteiger partial charge on any atom is -0.303 e. The first kappa shape index (κ1) is 14.6. The normalized spacial score (nSPS) is 17.6. The van der Waals surface area contributed by atoms with Crippen LogP contribution in [-0.4, -0.2) is 36.1 Å². The highest BCUT2D eigenvalue weighted by Gasteiger charge is 2.20. The lowest BCUT2D eigenvalue weighted by Gasteiger charge is -2.19. The molecule has 0 amide bonds. The Morgan fingerprint density at radius 3 is 2.47 bits per heavy atom. The zero-order valence-corrected chi connectivity index (χ0v) is 12.7. The standard InChI is InChI=1S/C16H23NOS/c1-3-19-15-8-6-14(7-9-15)16(18)13(2)12-17-10-4-5-11-17/h6-9,13H,3-5,10-12H2,1-2H3. The van der Waals surface area contributed by atoms with E-state index in [0.29, 0.717) is 0 Å². The molecule has 0 radical (unpaired) electrons. The molecular formula is C16H23NOS. The Morgan fingerprint density at radius 2 is 1.89 bits per heavy atom. The molecule has 0 aliphatic carbocycles. The maximum absolute atomic E-state index is 12.4. The second kappa shape index (κ2) is 7.11. The lowest BCUT2D eigenvalue weighted by molar-refractivity contribution is 0.0903. The van der Waals surface area contributed by atoms with Gasteiger partial charge in [-0.1, -0.05) is 26.0 Å². The van der Waals surface area contributed by atoms with Gasteiger partial charge in [-0.3, -0.25) is 4.79 Å². The molecule has 0 aromatic heterocycles. The first-order valence-corrected chi connectivity index (χ1v) is 8.18. The first-order chi connectivity index (χ1) is 9.20. The van der Waals surface area contributed by atoms with E-state index in [9.17, 15) is 4.79 Å². The van der Waals surface area contributed by atoms with Gasteiger partial charge in [0.2, 0.25) is 0 Å². The Kier molecular flexibility index (Phi) is 5.46. The number of carbonyl (C=O) groups is 1. The van der Waals surface area contributed by atoms with Crippen LogP contribution in [-0.2, 0) is 0 Å². The van der Waals surface area contributed by atoms with Crippen LogP contribution >= 0.6 is 11.8 Å². The van der Waals surface area contributed by atoms with Gasteiger partial charge in [-0.25, -0.2) is 0 Å². The number of benzene rings is 1. The van der Waals surface area contributed by atoms with Crippen LogP contribution in [0.2, 0.25) is 0 Å². The molecule has 1 fully saturated rings. The van der Waals surface area contributed by atoms with Crippen molar-refractivity contribution in [1.82, 2.24) is 4.90 Å². The zero-order valence-electron chi connectivity index (χ0n) is 11.9. The molecule has 1 aliphatic heterocycles. The van der Waals surface area contributed by atoms with E-state index in [1.165, 1.54) is 17.7 Å². The third-order valence-corrected chi connectivity index (χ3v) is 4.52. The Balaban J connectivity index is 1.93. The van der Waals surface area contributed by atoms with Crippen molar-refractivity contribution < 1.29 is 4.79 Å². The van der Waals surface area contributed by atoms with Crippen LogP contribution in [0.5, 0.6) is 0 Å². The Morgan fingerprint density at radius 1 is 1.26 bits per heavy atom. The quantitative estimate of drug-likeness (QED) is 0.584. The van der Waals surface area contributed by atoms with E-state index in [0.717, 1.165) is 31.0 Å². The summed E-state index contributed by atoms with van der Waals surface area (Å²) in [5, 5.41) is 0. The van der Waals surface area contributed by atoms with E-state index in [2.05, 4.69) is 30.9 Å². The molecule has 0 saturated carbocycles. The van der Waals surface area contributed by atoms with Gasteiger partial charge in [-0.2, -0.15) is 0 Å². The van der Waals surface area contributed by atoms with E-state index in [4.69, 9.17) is 0 Å². The van der Waals surface area contributed by atoms with Crippen molar-refractivity contribution in [1.29, 1.82) is 0 Å². The third-order valence-electron chi connectivity index (χ3n) is 3.63. The molecular weight excluding hydrogens is 254 g/mol. The second-order valence-electron chi connectivity index (χ2n) is 5.23. The number of thioether (sulfide) groups is 1. The fourth-order valence-electron chi connectivity index (χ4n) is 2.60. The van der Waals surface area contributed by atoms with Crippen molar-refractivity contribution >= 4 is 17.5 Å². The second-order valence-corrected chi connectivity index (χ2v) is 6.57. The van der Waals surface area contributed by atoms with Crippen LogP contribution in [0.3, 0.4) is 0 Å². The van der Waals surface area contributed by atoms with Crippen molar-refractivity contribution in [3.63, 3.8) is 0 Å². The molecule has 1 unspecified atom stereocenters.